The van der Waals surface area contributed by atoms with E-state index in [4.69, 9.17) is 9.47 Å². The number of sulfonamides is 1. The summed E-state index contributed by atoms with van der Waals surface area (Å²) in [5.74, 6) is 0.170. The number of hydrogen-bond acceptors (Lipinski definition) is 6. The maximum atomic E-state index is 13.7. The van der Waals surface area contributed by atoms with Crippen LogP contribution < -0.4 is 19.1 Å². The van der Waals surface area contributed by atoms with Crippen LogP contribution in [-0.4, -0.2) is 62.9 Å². The first-order chi connectivity index (χ1) is 16.9. The molecule has 2 aromatic rings. The third kappa shape index (κ3) is 7.13. The minimum Gasteiger partial charge on any atom is -0.454 e. The Morgan fingerprint density at radius 1 is 1.06 bits per heavy atom. The van der Waals surface area contributed by atoms with E-state index in [0.29, 0.717) is 24.3 Å². The fraction of sp³-hybridized carbons (Fsp3) is 0.462. The third-order valence-electron chi connectivity index (χ3n) is 5.69. The molecular weight excluding hydrogens is 482 g/mol. The second-order valence-electron chi connectivity index (χ2n) is 9.79. The van der Waals surface area contributed by atoms with E-state index in [-0.39, 0.29) is 24.9 Å². The predicted octanol–water partition coefficient (Wildman–Crippen LogP) is 2.95. The van der Waals surface area contributed by atoms with Crippen molar-refractivity contribution in [2.75, 3.05) is 30.4 Å². The van der Waals surface area contributed by atoms with Gasteiger partial charge in [0.05, 0.1) is 11.9 Å². The number of carbonyl (C=O) groups excluding carboxylic acids is 2. The Kier molecular flexibility index (Phi) is 8.50. The summed E-state index contributed by atoms with van der Waals surface area (Å²) < 4.78 is 37.2. The standard InChI is InChI=1S/C26H35N3O6S/c1-6-21(25(31)27-26(2,3)4)28(15-14-19-10-8-7-9-11-19)24(30)17-29(36(5,32)33)20-12-13-22-23(16-20)35-18-34-22/h7-13,16,21H,6,14-15,17-18H2,1-5H3,(H,27,31). The van der Waals surface area contributed by atoms with Gasteiger partial charge in [-0.2, -0.15) is 0 Å². The molecule has 0 aliphatic carbocycles. The van der Waals surface area contributed by atoms with E-state index in [0.717, 1.165) is 16.1 Å². The van der Waals surface area contributed by atoms with Crippen LogP contribution in [0.15, 0.2) is 48.5 Å². The Bertz CT molecular complexity index is 1180. The van der Waals surface area contributed by atoms with Crippen LogP contribution in [0.3, 0.4) is 0 Å². The van der Waals surface area contributed by atoms with Gasteiger partial charge in [0.2, 0.25) is 28.6 Å². The van der Waals surface area contributed by atoms with Gasteiger partial charge in [-0.05, 0) is 51.3 Å². The summed E-state index contributed by atoms with van der Waals surface area (Å²) in [6.07, 6.45) is 1.95. The maximum absolute atomic E-state index is 13.7. The molecule has 0 fully saturated rings. The zero-order chi connectivity index (χ0) is 26.5. The number of amides is 2. The molecule has 0 spiro atoms. The first-order valence-corrected chi connectivity index (χ1v) is 13.8. The molecule has 1 aliphatic heterocycles. The molecule has 1 aliphatic rings. The van der Waals surface area contributed by atoms with Gasteiger partial charge < -0.3 is 19.7 Å². The van der Waals surface area contributed by atoms with Crippen molar-refractivity contribution in [1.29, 1.82) is 0 Å². The number of anilines is 1. The number of fused-ring (bicyclic) bond motifs is 1. The molecule has 1 unspecified atom stereocenters. The van der Waals surface area contributed by atoms with Crippen molar-refractivity contribution >= 4 is 27.5 Å². The molecule has 0 saturated carbocycles. The van der Waals surface area contributed by atoms with E-state index in [2.05, 4.69) is 5.32 Å². The van der Waals surface area contributed by atoms with E-state index < -0.39 is 34.1 Å². The molecule has 0 radical (unpaired) electrons. The molecular formula is C26H35N3O6S. The van der Waals surface area contributed by atoms with Crippen LogP contribution in [-0.2, 0) is 26.0 Å². The van der Waals surface area contributed by atoms with E-state index in [1.165, 1.54) is 11.0 Å². The molecule has 1 N–H and O–H groups in total. The van der Waals surface area contributed by atoms with Gasteiger partial charge in [0.15, 0.2) is 11.5 Å². The normalized spacial score (nSPS) is 13.7. The van der Waals surface area contributed by atoms with Crippen LogP contribution in [0.2, 0.25) is 0 Å². The summed E-state index contributed by atoms with van der Waals surface area (Å²) >= 11 is 0. The lowest BCUT2D eigenvalue weighted by atomic mass is 10.1. The van der Waals surface area contributed by atoms with Crippen LogP contribution in [0.5, 0.6) is 11.5 Å². The highest BCUT2D eigenvalue weighted by molar-refractivity contribution is 7.92. The fourth-order valence-corrected chi connectivity index (χ4v) is 4.84. The Balaban J connectivity index is 1.90. The Labute approximate surface area is 213 Å². The number of nitrogens with zero attached hydrogens (tertiary/aromatic N) is 2. The van der Waals surface area contributed by atoms with Gasteiger partial charge in [0.1, 0.15) is 12.6 Å². The first kappa shape index (κ1) is 27.3. The summed E-state index contributed by atoms with van der Waals surface area (Å²) in [4.78, 5) is 28.3. The SMILES string of the molecule is CCC(C(=O)NC(C)(C)C)N(CCc1ccccc1)C(=O)CN(c1ccc2c(c1)OCO2)S(C)(=O)=O. The molecule has 3 rings (SSSR count). The van der Waals surface area contributed by atoms with Crippen molar-refractivity contribution in [3.8, 4) is 11.5 Å². The molecule has 2 amide bonds. The van der Waals surface area contributed by atoms with E-state index in [1.54, 1.807) is 12.1 Å². The van der Waals surface area contributed by atoms with Crippen molar-refractivity contribution < 1.29 is 27.5 Å². The number of rotatable bonds is 10. The second kappa shape index (κ2) is 11.2. The summed E-state index contributed by atoms with van der Waals surface area (Å²) in [6.45, 7) is 7.31. The van der Waals surface area contributed by atoms with E-state index >= 15 is 0 Å². The summed E-state index contributed by atoms with van der Waals surface area (Å²) in [7, 11) is -3.82. The highest BCUT2D eigenvalue weighted by Crippen LogP contribution is 2.36. The molecule has 0 saturated heterocycles. The highest BCUT2D eigenvalue weighted by Gasteiger charge is 2.33. The second-order valence-corrected chi connectivity index (χ2v) is 11.7. The number of hydrogen-bond donors (Lipinski definition) is 1. The van der Waals surface area contributed by atoms with Gasteiger partial charge in [0, 0.05) is 18.2 Å². The largest absolute Gasteiger partial charge is 0.454 e. The lowest BCUT2D eigenvalue weighted by molar-refractivity contribution is -0.140. The van der Waals surface area contributed by atoms with Gasteiger partial charge in [-0.15, -0.1) is 0 Å². The number of carbonyl (C=O) groups is 2. The fourth-order valence-electron chi connectivity index (χ4n) is 4.00. The highest BCUT2D eigenvalue weighted by atomic mass is 32.2. The summed E-state index contributed by atoms with van der Waals surface area (Å²) in [6, 6.07) is 13.6. The smallest absolute Gasteiger partial charge is 0.244 e. The zero-order valence-electron chi connectivity index (χ0n) is 21.5. The monoisotopic (exact) mass is 517 g/mol. The van der Waals surface area contributed by atoms with Gasteiger partial charge >= 0.3 is 0 Å². The van der Waals surface area contributed by atoms with Crippen LogP contribution in [0.1, 0.15) is 39.7 Å². The van der Waals surface area contributed by atoms with E-state index in [9.17, 15) is 18.0 Å². The molecule has 196 valence electrons. The molecule has 9 nitrogen and oxygen atoms in total. The topological polar surface area (TPSA) is 105 Å². The third-order valence-corrected chi connectivity index (χ3v) is 6.83. The number of ether oxygens (including phenoxy) is 2. The van der Waals surface area contributed by atoms with Gasteiger partial charge in [-0.25, -0.2) is 8.42 Å². The lowest BCUT2D eigenvalue weighted by Gasteiger charge is -2.34. The van der Waals surface area contributed by atoms with Crippen molar-refractivity contribution in [2.24, 2.45) is 0 Å². The van der Waals surface area contributed by atoms with Crippen LogP contribution in [0.4, 0.5) is 5.69 Å². The number of benzene rings is 2. The molecule has 1 heterocycles. The quantitative estimate of drug-likeness (QED) is 0.520. The summed E-state index contributed by atoms with van der Waals surface area (Å²) in [5.41, 5.74) is 0.812. The lowest BCUT2D eigenvalue weighted by Crippen LogP contribution is -2.56. The van der Waals surface area contributed by atoms with Crippen molar-refractivity contribution in [2.45, 2.75) is 52.1 Å². The molecule has 36 heavy (non-hydrogen) atoms. The van der Waals surface area contributed by atoms with Crippen molar-refractivity contribution in [3.63, 3.8) is 0 Å². The van der Waals surface area contributed by atoms with Crippen molar-refractivity contribution in [3.05, 3.63) is 54.1 Å². The number of nitrogens with one attached hydrogen (secondary N) is 1. The Morgan fingerprint density at radius 2 is 1.72 bits per heavy atom. The van der Waals surface area contributed by atoms with Crippen LogP contribution in [0, 0.1) is 0 Å². The Hall–Kier alpha value is -3.27. The first-order valence-electron chi connectivity index (χ1n) is 11.9. The van der Waals surface area contributed by atoms with Gasteiger partial charge in [-0.1, -0.05) is 37.3 Å². The minimum absolute atomic E-state index is 0.0466. The predicted molar refractivity (Wildman–Crippen MR) is 139 cm³/mol. The Morgan fingerprint density at radius 3 is 2.33 bits per heavy atom. The van der Waals surface area contributed by atoms with Crippen molar-refractivity contribution in [1.82, 2.24) is 10.2 Å². The zero-order valence-corrected chi connectivity index (χ0v) is 22.3. The minimum atomic E-state index is -3.82. The van der Waals surface area contributed by atoms with Crippen LogP contribution >= 0.6 is 0 Å². The van der Waals surface area contributed by atoms with E-state index in [1.807, 2.05) is 58.0 Å². The molecule has 1 atom stereocenters. The molecule has 2 aromatic carbocycles. The van der Waals surface area contributed by atoms with Crippen LogP contribution in [0.25, 0.3) is 0 Å². The summed E-state index contributed by atoms with van der Waals surface area (Å²) in [5, 5.41) is 2.95. The van der Waals surface area contributed by atoms with Gasteiger partial charge in [-0.3, -0.25) is 13.9 Å². The maximum Gasteiger partial charge on any atom is 0.244 e. The average Bonchev–Trinajstić information content (AvgIpc) is 3.26. The average molecular weight is 518 g/mol. The molecule has 0 aromatic heterocycles. The molecule has 10 heteroatoms. The van der Waals surface area contributed by atoms with Gasteiger partial charge in [0.25, 0.3) is 0 Å². The molecule has 0 bridgehead atoms.